The molecule has 8 nitrogen and oxygen atoms in total. The minimum atomic E-state index is -3.69. The summed E-state index contributed by atoms with van der Waals surface area (Å²) in [4.78, 5) is 31.0. The van der Waals surface area contributed by atoms with Crippen LogP contribution in [0.1, 0.15) is 19.3 Å². The molecular formula is C23H28N4O4S2. The van der Waals surface area contributed by atoms with Crippen molar-refractivity contribution in [1.82, 2.24) is 4.31 Å². The Morgan fingerprint density at radius 2 is 1.94 bits per heavy atom. The fourth-order valence-corrected chi connectivity index (χ4v) is 5.70. The Kier molecular flexibility index (Phi) is 6.69. The first-order chi connectivity index (χ1) is 15.7. The Labute approximate surface area is 199 Å². The Balaban J connectivity index is 1.69. The number of nitrogens with one attached hydrogen (secondary N) is 1. The number of hydrogen-bond donors (Lipinski definition) is 1. The van der Waals surface area contributed by atoms with Crippen LogP contribution in [0.25, 0.3) is 0 Å². The fourth-order valence-electron chi connectivity index (χ4n) is 4.32. The lowest BCUT2D eigenvalue weighted by atomic mass is 9.96. The van der Waals surface area contributed by atoms with Gasteiger partial charge in [-0.3, -0.25) is 14.5 Å². The van der Waals surface area contributed by atoms with E-state index in [1.807, 2.05) is 29.4 Å². The van der Waals surface area contributed by atoms with Gasteiger partial charge in [0.2, 0.25) is 21.8 Å². The molecule has 2 amide bonds. The summed E-state index contributed by atoms with van der Waals surface area (Å²) in [5.41, 5.74) is 1.89. The van der Waals surface area contributed by atoms with Gasteiger partial charge in [0.05, 0.1) is 16.3 Å². The molecule has 2 aromatic rings. The number of nitrogens with zero attached hydrogens (tertiary/aromatic N) is 3. The van der Waals surface area contributed by atoms with E-state index in [0.29, 0.717) is 17.8 Å². The molecule has 0 unspecified atom stereocenters. The van der Waals surface area contributed by atoms with Crippen molar-refractivity contribution < 1.29 is 18.0 Å². The van der Waals surface area contributed by atoms with E-state index in [0.717, 1.165) is 34.3 Å². The average Bonchev–Trinajstić information content (AvgIpc) is 2.81. The second-order valence-electron chi connectivity index (χ2n) is 8.35. The lowest BCUT2D eigenvalue weighted by Crippen LogP contribution is -2.56. The maximum atomic E-state index is 13.4. The first-order valence-corrected chi connectivity index (χ1v) is 13.5. The van der Waals surface area contributed by atoms with Gasteiger partial charge in [0.15, 0.2) is 0 Å². The molecule has 2 heterocycles. The summed E-state index contributed by atoms with van der Waals surface area (Å²) in [7, 11) is -0.758. The maximum Gasteiger partial charge on any atom is 0.250 e. The molecule has 10 heteroatoms. The molecule has 2 aliphatic rings. The zero-order valence-corrected chi connectivity index (χ0v) is 20.6. The molecule has 0 aromatic heterocycles. The Morgan fingerprint density at radius 3 is 2.67 bits per heavy atom. The zero-order chi connectivity index (χ0) is 23.8. The minimum Gasteiger partial charge on any atom is -0.358 e. The van der Waals surface area contributed by atoms with Crippen LogP contribution in [0.4, 0.5) is 17.1 Å². The molecule has 1 fully saturated rings. The predicted octanol–water partition coefficient (Wildman–Crippen LogP) is 3.00. The predicted molar refractivity (Wildman–Crippen MR) is 132 cm³/mol. The topological polar surface area (TPSA) is 90.0 Å². The van der Waals surface area contributed by atoms with Crippen LogP contribution < -0.4 is 15.1 Å². The van der Waals surface area contributed by atoms with Crippen LogP contribution in [0.3, 0.4) is 0 Å². The number of anilines is 3. The van der Waals surface area contributed by atoms with Gasteiger partial charge in [0.1, 0.15) is 12.6 Å². The molecule has 2 aliphatic heterocycles. The number of sulfonamides is 1. The van der Waals surface area contributed by atoms with Gasteiger partial charge in [-0.2, -0.15) is 0 Å². The van der Waals surface area contributed by atoms with Crippen LogP contribution in [0, 0.1) is 0 Å². The number of carbonyl (C=O) groups is 2. The molecule has 176 valence electrons. The number of hydrogen-bond acceptors (Lipinski definition) is 6. The standard InChI is InChI=1S/C23H28N4O4S2/c1-25(2)33(30,31)18-10-11-19-21(14-18)27(23(29)20-9-4-5-12-26(19)20)15-22(28)24-16-7-6-8-17(13-16)32-3/h6-8,10-11,13-14,20H,4-5,9,12,15H2,1-3H3,(H,24,28)/t20-/m0/s1. The summed E-state index contributed by atoms with van der Waals surface area (Å²) in [5, 5.41) is 2.86. The first kappa shape index (κ1) is 23.6. The number of carbonyl (C=O) groups excluding carboxylic acids is 2. The SMILES string of the molecule is CSc1cccc(NC(=O)CN2C(=O)[C@@H]3CCCCN3c3ccc(S(=O)(=O)N(C)C)cc32)c1. The van der Waals surface area contributed by atoms with Gasteiger partial charge in [-0.05, 0) is 61.9 Å². The quantitative estimate of drug-likeness (QED) is 0.629. The summed E-state index contributed by atoms with van der Waals surface area (Å²) in [6.07, 6.45) is 4.58. The Morgan fingerprint density at radius 1 is 1.15 bits per heavy atom. The van der Waals surface area contributed by atoms with Crippen LogP contribution in [0.2, 0.25) is 0 Å². The van der Waals surface area contributed by atoms with Crippen molar-refractivity contribution >= 4 is 50.7 Å². The van der Waals surface area contributed by atoms with E-state index in [4.69, 9.17) is 0 Å². The van der Waals surface area contributed by atoms with Crippen molar-refractivity contribution in [3.8, 4) is 0 Å². The highest BCUT2D eigenvalue weighted by molar-refractivity contribution is 7.98. The average molecular weight is 489 g/mol. The molecule has 1 N–H and O–H groups in total. The van der Waals surface area contributed by atoms with Crippen LogP contribution in [-0.2, 0) is 19.6 Å². The Hall–Kier alpha value is -2.56. The van der Waals surface area contributed by atoms with Crippen molar-refractivity contribution in [3.63, 3.8) is 0 Å². The van der Waals surface area contributed by atoms with Crippen LogP contribution >= 0.6 is 11.8 Å². The van der Waals surface area contributed by atoms with Crippen molar-refractivity contribution in [2.24, 2.45) is 0 Å². The van der Waals surface area contributed by atoms with E-state index in [1.165, 1.54) is 25.1 Å². The van der Waals surface area contributed by atoms with E-state index < -0.39 is 10.0 Å². The summed E-state index contributed by atoms with van der Waals surface area (Å²) < 4.78 is 26.6. The maximum absolute atomic E-state index is 13.4. The van der Waals surface area contributed by atoms with Gasteiger partial charge < -0.3 is 10.2 Å². The van der Waals surface area contributed by atoms with Crippen molar-refractivity contribution in [2.45, 2.75) is 35.1 Å². The van der Waals surface area contributed by atoms with Crippen LogP contribution in [-0.4, -0.2) is 64.0 Å². The number of rotatable bonds is 6. The number of amides is 2. The molecule has 1 atom stereocenters. The minimum absolute atomic E-state index is 0.0904. The lowest BCUT2D eigenvalue weighted by molar-refractivity contribution is -0.123. The molecule has 4 rings (SSSR count). The highest BCUT2D eigenvalue weighted by atomic mass is 32.2. The van der Waals surface area contributed by atoms with E-state index >= 15 is 0 Å². The molecule has 0 radical (unpaired) electrons. The van der Waals surface area contributed by atoms with Crippen molar-refractivity contribution in [2.75, 3.05) is 48.6 Å². The third-order valence-electron chi connectivity index (χ3n) is 6.03. The number of thioether (sulfide) groups is 1. The van der Waals surface area contributed by atoms with Crippen LogP contribution in [0.5, 0.6) is 0 Å². The van der Waals surface area contributed by atoms with Crippen molar-refractivity contribution in [3.05, 3.63) is 42.5 Å². The zero-order valence-electron chi connectivity index (χ0n) is 18.9. The fraction of sp³-hybridized carbons (Fsp3) is 0.391. The van der Waals surface area contributed by atoms with Gasteiger partial charge in [-0.15, -0.1) is 11.8 Å². The normalized spacial score (nSPS) is 18.2. The van der Waals surface area contributed by atoms with E-state index in [1.54, 1.807) is 30.0 Å². The molecule has 33 heavy (non-hydrogen) atoms. The van der Waals surface area contributed by atoms with Gasteiger partial charge in [0, 0.05) is 31.2 Å². The Bertz CT molecular complexity index is 1180. The second kappa shape index (κ2) is 9.36. The second-order valence-corrected chi connectivity index (χ2v) is 11.4. The van der Waals surface area contributed by atoms with Gasteiger partial charge in [-0.1, -0.05) is 6.07 Å². The number of piperidine rings is 1. The largest absolute Gasteiger partial charge is 0.358 e. The van der Waals surface area contributed by atoms with E-state index in [-0.39, 0.29) is 29.3 Å². The van der Waals surface area contributed by atoms with Gasteiger partial charge in [0.25, 0.3) is 0 Å². The molecule has 0 bridgehead atoms. The highest BCUT2D eigenvalue weighted by Crippen LogP contribution is 2.40. The molecule has 0 saturated carbocycles. The first-order valence-electron chi connectivity index (χ1n) is 10.8. The summed E-state index contributed by atoms with van der Waals surface area (Å²) >= 11 is 1.57. The van der Waals surface area contributed by atoms with Crippen LogP contribution in [0.15, 0.2) is 52.3 Å². The van der Waals surface area contributed by atoms with E-state index in [9.17, 15) is 18.0 Å². The third kappa shape index (κ3) is 4.60. The molecule has 0 aliphatic carbocycles. The molecule has 2 aromatic carbocycles. The smallest absolute Gasteiger partial charge is 0.250 e. The summed E-state index contributed by atoms with van der Waals surface area (Å²) in [6, 6.07) is 12.0. The highest BCUT2D eigenvalue weighted by Gasteiger charge is 2.40. The monoisotopic (exact) mass is 488 g/mol. The summed E-state index contributed by atoms with van der Waals surface area (Å²) in [5.74, 6) is -0.507. The lowest BCUT2D eigenvalue weighted by Gasteiger charge is -2.45. The third-order valence-corrected chi connectivity index (χ3v) is 8.57. The van der Waals surface area contributed by atoms with Gasteiger partial charge in [-0.25, -0.2) is 12.7 Å². The number of benzene rings is 2. The molecular weight excluding hydrogens is 460 g/mol. The molecule has 0 spiro atoms. The summed E-state index contributed by atoms with van der Waals surface area (Å²) in [6.45, 7) is 0.538. The van der Waals surface area contributed by atoms with Crippen molar-refractivity contribution in [1.29, 1.82) is 0 Å². The van der Waals surface area contributed by atoms with E-state index in [2.05, 4.69) is 5.32 Å². The number of fused-ring (bicyclic) bond motifs is 3. The molecule has 1 saturated heterocycles. The van der Waals surface area contributed by atoms with Gasteiger partial charge >= 0.3 is 0 Å².